The standard InChI is InChI=1S/C15H30N2O3/c1-12(16-11-15(3,4)10-13(2)18)9-14(19)17-5-7-20-8-6-17/h12-13,16,18H,5-11H2,1-4H3. The fraction of sp³-hybridized carbons (Fsp3) is 0.933. The van der Waals surface area contributed by atoms with Crippen molar-refractivity contribution in [2.75, 3.05) is 32.8 Å². The van der Waals surface area contributed by atoms with Gasteiger partial charge < -0.3 is 20.1 Å². The first-order valence-corrected chi connectivity index (χ1v) is 7.57. The second-order valence-corrected chi connectivity index (χ2v) is 6.70. The molecule has 1 rings (SSSR count). The van der Waals surface area contributed by atoms with Gasteiger partial charge in [0.25, 0.3) is 0 Å². The first-order valence-electron chi connectivity index (χ1n) is 7.57. The number of aliphatic hydroxyl groups excluding tert-OH is 1. The molecule has 0 radical (unpaired) electrons. The van der Waals surface area contributed by atoms with Crippen molar-refractivity contribution in [3.05, 3.63) is 0 Å². The Balaban J connectivity index is 2.28. The highest BCUT2D eigenvalue weighted by Crippen LogP contribution is 2.21. The Morgan fingerprint density at radius 1 is 1.35 bits per heavy atom. The molecule has 0 aromatic carbocycles. The van der Waals surface area contributed by atoms with Crippen molar-refractivity contribution in [2.45, 2.75) is 52.7 Å². The van der Waals surface area contributed by atoms with Crippen molar-refractivity contribution in [1.82, 2.24) is 10.2 Å². The zero-order chi connectivity index (χ0) is 15.2. The Kier molecular flexibility index (Phi) is 6.92. The molecule has 2 atom stereocenters. The average molecular weight is 286 g/mol. The van der Waals surface area contributed by atoms with Crippen LogP contribution in [0.25, 0.3) is 0 Å². The molecule has 118 valence electrons. The number of hydrogen-bond donors (Lipinski definition) is 2. The predicted octanol–water partition coefficient (Wildman–Crippen LogP) is 1.01. The summed E-state index contributed by atoms with van der Waals surface area (Å²) in [5.74, 6) is 0.196. The fourth-order valence-corrected chi connectivity index (χ4v) is 2.60. The third-order valence-electron chi connectivity index (χ3n) is 3.62. The van der Waals surface area contributed by atoms with E-state index in [4.69, 9.17) is 4.74 Å². The molecule has 2 N–H and O–H groups in total. The molecule has 1 aliphatic rings. The van der Waals surface area contributed by atoms with Gasteiger partial charge in [0.15, 0.2) is 0 Å². The zero-order valence-electron chi connectivity index (χ0n) is 13.3. The summed E-state index contributed by atoms with van der Waals surface area (Å²) in [6.07, 6.45) is 0.978. The maximum atomic E-state index is 12.1. The van der Waals surface area contributed by atoms with Crippen molar-refractivity contribution in [3.8, 4) is 0 Å². The van der Waals surface area contributed by atoms with Crippen molar-refractivity contribution in [2.24, 2.45) is 5.41 Å². The van der Waals surface area contributed by atoms with E-state index < -0.39 is 0 Å². The lowest BCUT2D eigenvalue weighted by Crippen LogP contribution is -2.44. The molecule has 2 unspecified atom stereocenters. The van der Waals surface area contributed by atoms with Gasteiger partial charge in [-0.05, 0) is 25.7 Å². The summed E-state index contributed by atoms with van der Waals surface area (Å²) in [6, 6.07) is 0.151. The lowest BCUT2D eigenvalue weighted by molar-refractivity contribution is -0.135. The van der Waals surface area contributed by atoms with Gasteiger partial charge in [-0.15, -0.1) is 0 Å². The molecule has 5 nitrogen and oxygen atoms in total. The minimum absolute atomic E-state index is 0.0322. The lowest BCUT2D eigenvalue weighted by atomic mass is 9.86. The minimum Gasteiger partial charge on any atom is -0.393 e. The van der Waals surface area contributed by atoms with Crippen LogP contribution in [0.15, 0.2) is 0 Å². The molecule has 5 heteroatoms. The molecule has 0 aromatic heterocycles. The Bertz CT molecular complexity index is 299. The number of rotatable bonds is 7. The topological polar surface area (TPSA) is 61.8 Å². The summed E-state index contributed by atoms with van der Waals surface area (Å²) in [4.78, 5) is 14.0. The van der Waals surface area contributed by atoms with Crippen LogP contribution in [0.5, 0.6) is 0 Å². The number of hydrogen-bond acceptors (Lipinski definition) is 4. The smallest absolute Gasteiger partial charge is 0.224 e. The van der Waals surface area contributed by atoms with E-state index in [-0.39, 0.29) is 23.5 Å². The van der Waals surface area contributed by atoms with E-state index in [0.717, 1.165) is 13.0 Å². The summed E-state index contributed by atoms with van der Waals surface area (Å²) in [6.45, 7) is 11.6. The molecule has 1 saturated heterocycles. The van der Waals surface area contributed by atoms with E-state index >= 15 is 0 Å². The number of amides is 1. The highest BCUT2D eigenvalue weighted by Gasteiger charge is 2.23. The second-order valence-electron chi connectivity index (χ2n) is 6.70. The number of nitrogens with zero attached hydrogens (tertiary/aromatic N) is 1. The number of ether oxygens (including phenoxy) is 1. The van der Waals surface area contributed by atoms with E-state index in [1.54, 1.807) is 0 Å². The maximum Gasteiger partial charge on any atom is 0.224 e. The number of carbonyl (C=O) groups excluding carboxylic acids is 1. The maximum absolute atomic E-state index is 12.1. The van der Waals surface area contributed by atoms with Crippen molar-refractivity contribution in [1.29, 1.82) is 0 Å². The van der Waals surface area contributed by atoms with Crippen LogP contribution in [-0.4, -0.2) is 60.9 Å². The van der Waals surface area contributed by atoms with Crippen molar-refractivity contribution in [3.63, 3.8) is 0 Å². The van der Waals surface area contributed by atoms with E-state index in [1.165, 1.54) is 0 Å². The van der Waals surface area contributed by atoms with Gasteiger partial charge in [0, 0.05) is 32.1 Å². The van der Waals surface area contributed by atoms with Gasteiger partial charge in [-0.25, -0.2) is 0 Å². The third kappa shape index (κ3) is 6.68. The van der Waals surface area contributed by atoms with Gasteiger partial charge in [0.1, 0.15) is 0 Å². The average Bonchev–Trinajstić information content (AvgIpc) is 2.36. The van der Waals surface area contributed by atoms with E-state index in [1.807, 2.05) is 18.7 Å². The van der Waals surface area contributed by atoms with Crippen LogP contribution >= 0.6 is 0 Å². The SMILES string of the molecule is CC(O)CC(C)(C)CNC(C)CC(=O)N1CCOCC1. The fourth-order valence-electron chi connectivity index (χ4n) is 2.60. The molecule has 1 aliphatic heterocycles. The van der Waals surface area contributed by atoms with E-state index in [9.17, 15) is 9.90 Å². The largest absolute Gasteiger partial charge is 0.393 e. The van der Waals surface area contributed by atoms with Gasteiger partial charge >= 0.3 is 0 Å². The summed E-state index contributed by atoms with van der Waals surface area (Å²) in [5, 5.41) is 12.9. The monoisotopic (exact) mass is 286 g/mol. The van der Waals surface area contributed by atoms with Crippen molar-refractivity contribution < 1.29 is 14.6 Å². The molecule has 0 saturated carbocycles. The normalized spacial score (nSPS) is 19.8. The lowest BCUT2D eigenvalue weighted by Gasteiger charge is -2.30. The molecular formula is C15H30N2O3. The van der Waals surface area contributed by atoms with Gasteiger partial charge in [-0.3, -0.25) is 4.79 Å². The van der Waals surface area contributed by atoms with Crippen LogP contribution in [0.2, 0.25) is 0 Å². The highest BCUT2D eigenvalue weighted by molar-refractivity contribution is 5.76. The number of carbonyl (C=O) groups is 1. The van der Waals surface area contributed by atoms with Crippen LogP contribution in [0.1, 0.15) is 40.5 Å². The van der Waals surface area contributed by atoms with Crippen LogP contribution in [-0.2, 0) is 9.53 Å². The highest BCUT2D eigenvalue weighted by atomic mass is 16.5. The minimum atomic E-state index is -0.294. The molecule has 0 spiro atoms. The molecule has 20 heavy (non-hydrogen) atoms. The second kappa shape index (κ2) is 7.96. The Labute approximate surface area is 122 Å². The Morgan fingerprint density at radius 2 is 1.95 bits per heavy atom. The zero-order valence-corrected chi connectivity index (χ0v) is 13.3. The molecule has 1 heterocycles. The van der Waals surface area contributed by atoms with Gasteiger partial charge in [0.05, 0.1) is 19.3 Å². The first kappa shape index (κ1) is 17.4. The molecular weight excluding hydrogens is 256 g/mol. The predicted molar refractivity (Wildman–Crippen MR) is 79.6 cm³/mol. The van der Waals surface area contributed by atoms with E-state index in [0.29, 0.717) is 32.7 Å². The number of morpholine rings is 1. The molecule has 0 aliphatic carbocycles. The Hall–Kier alpha value is -0.650. The quantitative estimate of drug-likeness (QED) is 0.733. The Morgan fingerprint density at radius 3 is 2.50 bits per heavy atom. The summed E-state index contributed by atoms with van der Waals surface area (Å²) < 4.78 is 5.25. The van der Waals surface area contributed by atoms with Crippen LogP contribution < -0.4 is 5.32 Å². The van der Waals surface area contributed by atoms with Crippen molar-refractivity contribution >= 4 is 5.91 Å². The van der Waals surface area contributed by atoms with Gasteiger partial charge in [0.2, 0.25) is 5.91 Å². The van der Waals surface area contributed by atoms with Crippen LogP contribution in [0, 0.1) is 5.41 Å². The molecule has 0 bridgehead atoms. The third-order valence-corrected chi connectivity index (χ3v) is 3.62. The van der Waals surface area contributed by atoms with Gasteiger partial charge in [-0.2, -0.15) is 0 Å². The molecule has 1 amide bonds. The number of nitrogens with one attached hydrogen (secondary N) is 1. The van der Waals surface area contributed by atoms with Gasteiger partial charge in [-0.1, -0.05) is 13.8 Å². The van der Waals surface area contributed by atoms with E-state index in [2.05, 4.69) is 19.2 Å². The van der Waals surface area contributed by atoms with Crippen LogP contribution in [0.4, 0.5) is 0 Å². The molecule has 0 aromatic rings. The first-order chi connectivity index (χ1) is 9.30. The molecule has 1 fully saturated rings. The summed E-state index contributed by atoms with van der Waals surface area (Å²) in [7, 11) is 0. The van der Waals surface area contributed by atoms with Crippen LogP contribution in [0.3, 0.4) is 0 Å². The number of aliphatic hydroxyl groups is 1. The summed E-state index contributed by atoms with van der Waals surface area (Å²) in [5.41, 5.74) is 0.0322. The summed E-state index contributed by atoms with van der Waals surface area (Å²) >= 11 is 0.